The molecule has 27 heavy (non-hydrogen) atoms. The fraction of sp³-hybridized carbons (Fsp3) is 0.250. The van der Waals surface area contributed by atoms with Gasteiger partial charge in [0.1, 0.15) is 11.3 Å². The lowest BCUT2D eigenvalue weighted by Gasteiger charge is -2.14. The van der Waals surface area contributed by atoms with E-state index in [1.165, 1.54) is 18.2 Å². The second kappa shape index (κ2) is 8.07. The van der Waals surface area contributed by atoms with Gasteiger partial charge in [0.2, 0.25) is 0 Å². The molecule has 0 saturated heterocycles. The van der Waals surface area contributed by atoms with E-state index in [-0.39, 0.29) is 35.6 Å². The first-order chi connectivity index (χ1) is 13.0. The number of furan rings is 1. The zero-order valence-electron chi connectivity index (χ0n) is 14.9. The van der Waals surface area contributed by atoms with E-state index in [1.807, 2.05) is 30.3 Å². The summed E-state index contributed by atoms with van der Waals surface area (Å²) >= 11 is 0. The molecule has 0 spiro atoms. The molecular weight excluding hydrogens is 356 g/mol. The minimum Gasteiger partial charge on any atom is -0.490 e. The molecule has 0 aliphatic carbocycles. The van der Waals surface area contributed by atoms with E-state index in [9.17, 15) is 13.6 Å². The Morgan fingerprint density at radius 1 is 1.15 bits per heavy atom. The zero-order valence-corrected chi connectivity index (χ0v) is 14.9. The van der Waals surface area contributed by atoms with Crippen molar-refractivity contribution in [1.82, 2.24) is 5.32 Å². The average molecular weight is 375 g/mol. The van der Waals surface area contributed by atoms with Gasteiger partial charge in [-0.05, 0) is 44.2 Å². The Bertz CT molecular complexity index is 906. The number of rotatable bonds is 7. The van der Waals surface area contributed by atoms with Crippen molar-refractivity contribution in [3.05, 3.63) is 59.9 Å². The maximum absolute atomic E-state index is 12.5. The van der Waals surface area contributed by atoms with Crippen LogP contribution < -0.4 is 14.8 Å². The van der Waals surface area contributed by atoms with Gasteiger partial charge in [-0.2, -0.15) is 8.78 Å². The molecule has 0 saturated carbocycles. The number of halogens is 2. The lowest BCUT2D eigenvalue weighted by atomic mass is 10.1. The van der Waals surface area contributed by atoms with Crippen LogP contribution in [0, 0.1) is 0 Å². The maximum atomic E-state index is 12.5. The summed E-state index contributed by atoms with van der Waals surface area (Å²) in [4.78, 5) is 12.5. The Hall–Kier alpha value is -3.09. The van der Waals surface area contributed by atoms with Gasteiger partial charge in [-0.3, -0.25) is 4.79 Å². The summed E-state index contributed by atoms with van der Waals surface area (Å²) in [5, 5.41) is 3.77. The van der Waals surface area contributed by atoms with Crippen LogP contribution in [0.15, 0.2) is 52.9 Å². The summed E-state index contributed by atoms with van der Waals surface area (Å²) in [6, 6.07) is 13.1. The number of para-hydroxylation sites is 1. The lowest BCUT2D eigenvalue weighted by molar-refractivity contribution is -0.0514. The molecule has 1 amide bonds. The van der Waals surface area contributed by atoms with Crippen LogP contribution in [-0.2, 0) is 0 Å². The SMILES string of the molecule is CCOc1cc(C(=O)N[C@H](C)c2cc3ccccc3o2)ccc1OC(F)F. The molecule has 7 heteroatoms. The number of alkyl halides is 2. The predicted octanol–water partition coefficient (Wildman–Crippen LogP) is 4.92. The van der Waals surface area contributed by atoms with Gasteiger partial charge in [-0.15, -0.1) is 0 Å². The molecule has 0 unspecified atom stereocenters. The quantitative estimate of drug-likeness (QED) is 0.636. The van der Waals surface area contributed by atoms with Crippen molar-refractivity contribution in [2.75, 3.05) is 6.61 Å². The smallest absolute Gasteiger partial charge is 0.387 e. The Morgan fingerprint density at radius 2 is 1.93 bits per heavy atom. The number of carbonyl (C=O) groups excluding carboxylic acids is 1. The number of amides is 1. The number of nitrogens with one attached hydrogen (secondary N) is 1. The number of fused-ring (bicyclic) bond motifs is 1. The minimum atomic E-state index is -2.98. The number of benzene rings is 2. The Labute approximate surface area is 154 Å². The van der Waals surface area contributed by atoms with Crippen LogP contribution in [0.25, 0.3) is 11.0 Å². The van der Waals surface area contributed by atoms with Gasteiger partial charge in [-0.25, -0.2) is 0 Å². The van der Waals surface area contributed by atoms with E-state index in [4.69, 9.17) is 9.15 Å². The predicted molar refractivity (Wildman–Crippen MR) is 96.3 cm³/mol. The topological polar surface area (TPSA) is 60.7 Å². The molecule has 5 nitrogen and oxygen atoms in total. The van der Waals surface area contributed by atoms with Gasteiger partial charge in [0.15, 0.2) is 11.5 Å². The van der Waals surface area contributed by atoms with Crippen molar-refractivity contribution in [3.63, 3.8) is 0 Å². The Morgan fingerprint density at radius 3 is 2.63 bits per heavy atom. The third-order valence-electron chi connectivity index (χ3n) is 3.94. The van der Waals surface area contributed by atoms with Crippen LogP contribution in [0.1, 0.15) is 36.0 Å². The summed E-state index contributed by atoms with van der Waals surface area (Å²) in [5.74, 6) is 0.204. The van der Waals surface area contributed by atoms with Crippen LogP contribution in [0.3, 0.4) is 0 Å². The summed E-state index contributed by atoms with van der Waals surface area (Å²) in [6.07, 6.45) is 0. The second-order valence-corrected chi connectivity index (χ2v) is 5.85. The average Bonchev–Trinajstić information content (AvgIpc) is 3.07. The highest BCUT2D eigenvalue weighted by Gasteiger charge is 2.18. The van der Waals surface area contributed by atoms with E-state index < -0.39 is 6.61 Å². The summed E-state index contributed by atoms with van der Waals surface area (Å²) < 4.78 is 40.4. The highest BCUT2D eigenvalue weighted by molar-refractivity contribution is 5.95. The molecule has 3 aromatic rings. The van der Waals surface area contributed by atoms with Gasteiger partial charge in [0, 0.05) is 10.9 Å². The van der Waals surface area contributed by atoms with Gasteiger partial charge in [0.25, 0.3) is 5.91 Å². The zero-order chi connectivity index (χ0) is 19.4. The third kappa shape index (κ3) is 4.36. The summed E-state index contributed by atoms with van der Waals surface area (Å²) in [7, 11) is 0. The fourth-order valence-corrected chi connectivity index (χ4v) is 2.68. The molecule has 1 heterocycles. The van der Waals surface area contributed by atoms with Crippen LogP contribution in [0.5, 0.6) is 11.5 Å². The Kier molecular flexibility index (Phi) is 5.59. The molecule has 0 bridgehead atoms. The number of carbonyl (C=O) groups is 1. The highest BCUT2D eigenvalue weighted by atomic mass is 19.3. The van der Waals surface area contributed by atoms with E-state index in [2.05, 4.69) is 10.1 Å². The first-order valence-electron chi connectivity index (χ1n) is 8.49. The first kappa shape index (κ1) is 18.7. The molecule has 0 aliphatic rings. The largest absolute Gasteiger partial charge is 0.490 e. The molecule has 0 radical (unpaired) electrons. The van der Waals surface area contributed by atoms with Crippen molar-refractivity contribution in [2.24, 2.45) is 0 Å². The number of hydrogen-bond acceptors (Lipinski definition) is 4. The van der Waals surface area contributed by atoms with Crippen molar-refractivity contribution in [1.29, 1.82) is 0 Å². The van der Waals surface area contributed by atoms with Crippen LogP contribution >= 0.6 is 0 Å². The van der Waals surface area contributed by atoms with Crippen LogP contribution in [-0.4, -0.2) is 19.1 Å². The number of ether oxygens (including phenoxy) is 2. The monoisotopic (exact) mass is 375 g/mol. The fourth-order valence-electron chi connectivity index (χ4n) is 2.68. The van der Waals surface area contributed by atoms with Crippen LogP contribution in [0.2, 0.25) is 0 Å². The third-order valence-corrected chi connectivity index (χ3v) is 3.94. The lowest BCUT2D eigenvalue weighted by Crippen LogP contribution is -2.26. The summed E-state index contributed by atoms with van der Waals surface area (Å²) in [6.45, 7) is 0.785. The molecule has 2 aromatic carbocycles. The van der Waals surface area contributed by atoms with Crippen molar-refractivity contribution < 1.29 is 27.5 Å². The molecular formula is C20H19F2NO4. The van der Waals surface area contributed by atoms with Crippen LogP contribution in [0.4, 0.5) is 8.78 Å². The van der Waals surface area contributed by atoms with E-state index in [0.29, 0.717) is 5.76 Å². The highest BCUT2D eigenvalue weighted by Crippen LogP contribution is 2.30. The van der Waals surface area contributed by atoms with Crippen molar-refractivity contribution in [2.45, 2.75) is 26.5 Å². The first-order valence-corrected chi connectivity index (χ1v) is 8.49. The van der Waals surface area contributed by atoms with E-state index in [0.717, 1.165) is 11.0 Å². The molecule has 3 rings (SSSR count). The second-order valence-electron chi connectivity index (χ2n) is 5.85. The van der Waals surface area contributed by atoms with E-state index >= 15 is 0 Å². The van der Waals surface area contributed by atoms with E-state index in [1.54, 1.807) is 13.8 Å². The molecule has 1 N–H and O–H groups in total. The maximum Gasteiger partial charge on any atom is 0.387 e. The molecule has 1 aromatic heterocycles. The van der Waals surface area contributed by atoms with Gasteiger partial charge in [-0.1, -0.05) is 18.2 Å². The van der Waals surface area contributed by atoms with Gasteiger partial charge < -0.3 is 19.2 Å². The van der Waals surface area contributed by atoms with Crippen molar-refractivity contribution >= 4 is 16.9 Å². The van der Waals surface area contributed by atoms with Gasteiger partial charge >= 0.3 is 6.61 Å². The molecule has 0 aliphatic heterocycles. The molecule has 142 valence electrons. The standard InChI is InChI=1S/C20H19F2NO4/c1-3-25-18-11-14(8-9-16(18)27-20(21)22)19(24)23-12(2)17-10-13-6-4-5-7-15(13)26-17/h4-12,20H,3H2,1-2H3,(H,23,24)/t12-/m1/s1. The normalized spacial score (nSPS) is 12.2. The van der Waals surface area contributed by atoms with Crippen molar-refractivity contribution in [3.8, 4) is 11.5 Å². The van der Waals surface area contributed by atoms with Gasteiger partial charge in [0.05, 0.1) is 12.6 Å². The Balaban J connectivity index is 1.77. The molecule has 0 fully saturated rings. The summed E-state index contributed by atoms with van der Waals surface area (Å²) in [5.41, 5.74) is 1.00. The number of hydrogen-bond donors (Lipinski definition) is 1. The minimum absolute atomic E-state index is 0.0850. The molecule has 1 atom stereocenters.